The van der Waals surface area contributed by atoms with Crippen molar-refractivity contribution in [1.82, 2.24) is 5.32 Å². The van der Waals surface area contributed by atoms with Crippen LogP contribution in [-0.2, 0) is 10.3 Å². The van der Waals surface area contributed by atoms with Gasteiger partial charge in [-0.05, 0) is 48.7 Å². The molecule has 0 fully saturated rings. The van der Waals surface area contributed by atoms with Gasteiger partial charge in [0.1, 0.15) is 22.7 Å². The number of para-hydroxylation sites is 1. The Labute approximate surface area is 155 Å². The first-order valence-electron chi connectivity index (χ1n) is 8.10. The van der Waals surface area contributed by atoms with Gasteiger partial charge in [-0.1, -0.05) is 24.3 Å². The third-order valence-corrected chi connectivity index (χ3v) is 4.49. The fraction of sp³-hybridized carbons (Fsp3) is 0.0476. The SMILES string of the molecule is C1=Cc2c(oc3ccccc23)C2(C=COC=C2)N1.Fc1cccc(S)c1. The standard InChI is InChI=1S/C15H11NO2.C6H5FS/c1-2-4-13-11(3-1)12-5-8-16-15(14(12)18-13)6-9-17-10-7-15;7-5-2-1-3-6(8)4-5/h1-10,16H;1-4,8H. The summed E-state index contributed by atoms with van der Waals surface area (Å²) in [5.74, 6) is 0.666. The van der Waals surface area contributed by atoms with E-state index in [4.69, 9.17) is 9.15 Å². The van der Waals surface area contributed by atoms with Gasteiger partial charge in [0.2, 0.25) is 0 Å². The van der Waals surface area contributed by atoms with Crippen molar-refractivity contribution in [3.63, 3.8) is 0 Å². The number of furan rings is 1. The van der Waals surface area contributed by atoms with Gasteiger partial charge in [-0.25, -0.2) is 4.39 Å². The van der Waals surface area contributed by atoms with Crippen LogP contribution < -0.4 is 5.32 Å². The highest BCUT2D eigenvalue weighted by atomic mass is 32.1. The van der Waals surface area contributed by atoms with E-state index in [9.17, 15) is 4.39 Å². The van der Waals surface area contributed by atoms with E-state index >= 15 is 0 Å². The van der Waals surface area contributed by atoms with Crippen molar-refractivity contribution < 1.29 is 13.5 Å². The zero-order chi connectivity index (χ0) is 18.0. The Balaban J connectivity index is 0.000000178. The molecule has 3 nitrogen and oxygen atoms in total. The molecule has 3 aromatic rings. The largest absolute Gasteiger partial charge is 0.473 e. The molecule has 0 amide bonds. The highest BCUT2D eigenvalue weighted by Gasteiger charge is 2.36. The van der Waals surface area contributed by atoms with E-state index in [2.05, 4.69) is 24.0 Å². The Hall–Kier alpha value is -2.92. The fourth-order valence-corrected chi connectivity index (χ4v) is 3.19. The maximum absolute atomic E-state index is 12.1. The molecule has 0 aliphatic carbocycles. The Morgan fingerprint density at radius 1 is 1.00 bits per heavy atom. The number of ether oxygens (including phenoxy) is 1. The minimum atomic E-state index is -0.429. The quantitative estimate of drug-likeness (QED) is 0.525. The smallest absolute Gasteiger partial charge is 0.146 e. The molecule has 2 aromatic carbocycles. The third kappa shape index (κ3) is 3.02. The molecule has 5 heteroatoms. The zero-order valence-electron chi connectivity index (χ0n) is 13.7. The van der Waals surface area contributed by atoms with Gasteiger partial charge in [0.15, 0.2) is 0 Å². The number of halogens is 1. The third-order valence-electron chi connectivity index (χ3n) is 4.21. The summed E-state index contributed by atoms with van der Waals surface area (Å²) in [6.07, 6.45) is 11.2. The molecule has 3 heterocycles. The highest BCUT2D eigenvalue weighted by molar-refractivity contribution is 7.80. The van der Waals surface area contributed by atoms with Crippen LogP contribution in [0.1, 0.15) is 11.3 Å². The Morgan fingerprint density at radius 3 is 2.54 bits per heavy atom. The van der Waals surface area contributed by atoms with E-state index in [1.54, 1.807) is 24.7 Å². The summed E-state index contributed by atoms with van der Waals surface area (Å²) < 4.78 is 23.2. The first-order valence-corrected chi connectivity index (χ1v) is 8.54. The summed E-state index contributed by atoms with van der Waals surface area (Å²) in [5, 5.41) is 4.46. The minimum Gasteiger partial charge on any atom is -0.473 e. The van der Waals surface area contributed by atoms with Crippen LogP contribution in [0.25, 0.3) is 17.0 Å². The van der Waals surface area contributed by atoms with E-state index in [1.165, 1.54) is 12.1 Å². The fourth-order valence-electron chi connectivity index (χ4n) is 2.98. The summed E-state index contributed by atoms with van der Waals surface area (Å²) in [4.78, 5) is 0.657. The van der Waals surface area contributed by atoms with E-state index in [0.717, 1.165) is 22.3 Å². The lowest BCUT2D eigenvalue weighted by Gasteiger charge is -2.30. The van der Waals surface area contributed by atoms with Gasteiger partial charge >= 0.3 is 0 Å². The van der Waals surface area contributed by atoms with Crippen molar-refractivity contribution in [2.24, 2.45) is 0 Å². The zero-order valence-corrected chi connectivity index (χ0v) is 14.6. The molecule has 130 valence electrons. The minimum absolute atomic E-state index is 0.238. The van der Waals surface area contributed by atoms with Crippen molar-refractivity contribution in [3.8, 4) is 0 Å². The number of nitrogens with one attached hydrogen (secondary N) is 1. The summed E-state index contributed by atoms with van der Waals surface area (Å²) >= 11 is 3.91. The number of hydrogen-bond donors (Lipinski definition) is 2. The van der Waals surface area contributed by atoms with E-state index in [1.807, 2.05) is 42.6 Å². The molecule has 0 saturated carbocycles. The molecule has 1 spiro atoms. The van der Waals surface area contributed by atoms with Crippen molar-refractivity contribution in [1.29, 1.82) is 0 Å². The van der Waals surface area contributed by atoms with Gasteiger partial charge in [-0.15, -0.1) is 12.6 Å². The average molecular weight is 365 g/mol. The van der Waals surface area contributed by atoms with Gasteiger partial charge in [0, 0.05) is 15.8 Å². The summed E-state index contributed by atoms with van der Waals surface area (Å²) in [5.41, 5.74) is 1.60. The molecule has 2 aliphatic rings. The lowest BCUT2D eigenvalue weighted by atomic mass is 9.89. The average Bonchev–Trinajstić information content (AvgIpc) is 3.04. The van der Waals surface area contributed by atoms with Crippen LogP contribution in [0.4, 0.5) is 4.39 Å². The van der Waals surface area contributed by atoms with Crippen LogP contribution in [0.5, 0.6) is 0 Å². The lowest BCUT2D eigenvalue weighted by Crippen LogP contribution is -2.38. The molecule has 5 rings (SSSR count). The molecule has 1 N–H and O–H groups in total. The topological polar surface area (TPSA) is 34.4 Å². The molecule has 0 saturated heterocycles. The monoisotopic (exact) mass is 365 g/mol. The number of thiol groups is 1. The lowest BCUT2D eigenvalue weighted by molar-refractivity contribution is 0.348. The van der Waals surface area contributed by atoms with Crippen LogP contribution >= 0.6 is 12.6 Å². The Bertz CT molecular complexity index is 1010. The molecule has 0 unspecified atom stereocenters. The van der Waals surface area contributed by atoms with Crippen molar-refractivity contribution >= 4 is 29.7 Å². The predicted octanol–water partition coefficient (Wildman–Crippen LogP) is 5.37. The van der Waals surface area contributed by atoms with Gasteiger partial charge < -0.3 is 14.5 Å². The number of rotatable bonds is 0. The Morgan fingerprint density at radius 2 is 1.81 bits per heavy atom. The van der Waals surface area contributed by atoms with Gasteiger partial charge in [0.05, 0.1) is 12.5 Å². The normalized spacial score (nSPS) is 15.8. The number of benzene rings is 2. The number of hydrogen-bond acceptors (Lipinski definition) is 4. The molecule has 0 atom stereocenters. The van der Waals surface area contributed by atoms with Crippen LogP contribution in [-0.4, -0.2) is 0 Å². The maximum Gasteiger partial charge on any atom is 0.146 e. The molecular weight excluding hydrogens is 349 g/mol. The summed E-state index contributed by atoms with van der Waals surface area (Å²) in [6.45, 7) is 0. The van der Waals surface area contributed by atoms with Crippen LogP contribution in [0, 0.1) is 5.82 Å². The first-order chi connectivity index (χ1) is 12.7. The summed E-state index contributed by atoms with van der Waals surface area (Å²) in [6, 6.07) is 14.2. The van der Waals surface area contributed by atoms with Crippen molar-refractivity contribution in [2.45, 2.75) is 10.4 Å². The Kier molecular flexibility index (Phi) is 4.31. The second-order valence-corrected chi connectivity index (χ2v) is 6.43. The van der Waals surface area contributed by atoms with E-state index in [-0.39, 0.29) is 5.82 Å². The van der Waals surface area contributed by atoms with Gasteiger partial charge in [-0.2, -0.15) is 0 Å². The van der Waals surface area contributed by atoms with E-state index < -0.39 is 5.54 Å². The van der Waals surface area contributed by atoms with Gasteiger partial charge in [-0.3, -0.25) is 0 Å². The number of fused-ring (bicyclic) bond motifs is 4. The molecule has 1 aromatic heterocycles. The summed E-state index contributed by atoms with van der Waals surface area (Å²) in [7, 11) is 0. The second kappa shape index (κ2) is 6.77. The van der Waals surface area contributed by atoms with Crippen LogP contribution in [0.15, 0.2) is 88.7 Å². The van der Waals surface area contributed by atoms with Crippen molar-refractivity contribution in [3.05, 3.63) is 96.5 Å². The van der Waals surface area contributed by atoms with E-state index in [0.29, 0.717) is 4.90 Å². The molecule has 0 bridgehead atoms. The van der Waals surface area contributed by atoms with Crippen LogP contribution in [0.2, 0.25) is 0 Å². The second-order valence-electron chi connectivity index (χ2n) is 5.91. The molecule has 2 aliphatic heterocycles. The predicted molar refractivity (Wildman–Crippen MR) is 103 cm³/mol. The molecular formula is C21H16FNO2S. The first kappa shape index (κ1) is 16.5. The van der Waals surface area contributed by atoms with Gasteiger partial charge in [0.25, 0.3) is 0 Å². The van der Waals surface area contributed by atoms with Crippen LogP contribution in [0.3, 0.4) is 0 Å². The maximum atomic E-state index is 12.1. The molecule has 0 radical (unpaired) electrons. The molecule has 26 heavy (non-hydrogen) atoms. The van der Waals surface area contributed by atoms with Crippen molar-refractivity contribution in [2.75, 3.05) is 0 Å². The highest BCUT2D eigenvalue weighted by Crippen LogP contribution is 2.39.